The molecule has 35 heavy (non-hydrogen) atoms. The van der Waals surface area contributed by atoms with Gasteiger partial charge in [-0.3, -0.25) is 9.36 Å². The van der Waals surface area contributed by atoms with Gasteiger partial charge in [0, 0.05) is 0 Å². The summed E-state index contributed by atoms with van der Waals surface area (Å²) in [7, 11) is 1.59. The first-order valence-corrected chi connectivity index (χ1v) is 12.7. The number of aromatic nitrogens is 1. The molecule has 2 aromatic carbocycles. The lowest BCUT2D eigenvalue weighted by Crippen LogP contribution is -2.39. The molecule has 182 valence electrons. The molecule has 1 aromatic heterocycles. The first kappa shape index (κ1) is 24.9. The van der Waals surface area contributed by atoms with Crippen molar-refractivity contribution >= 4 is 39.3 Å². The number of hydrogen-bond donors (Lipinski definition) is 0. The van der Waals surface area contributed by atoms with Crippen LogP contribution in [-0.2, 0) is 9.53 Å². The summed E-state index contributed by atoms with van der Waals surface area (Å²) in [4.78, 5) is 31.7. The Balaban J connectivity index is 1.89. The third kappa shape index (κ3) is 4.97. The largest absolute Gasteiger partial charge is 0.497 e. The van der Waals surface area contributed by atoms with E-state index in [-0.39, 0.29) is 12.2 Å². The summed E-state index contributed by atoms with van der Waals surface area (Å²) in [5, 5.41) is 0. The Bertz CT molecular complexity index is 1470. The Labute approximate surface area is 215 Å². The van der Waals surface area contributed by atoms with E-state index in [9.17, 15) is 9.59 Å². The van der Waals surface area contributed by atoms with Gasteiger partial charge in [-0.05, 0) is 78.2 Å². The molecule has 0 saturated carbocycles. The lowest BCUT2D eigenvalue weighted by Gasteiger charge is -2.24. The van der Waals surface area contributed by atoms with Crippen LogP contribution in [0.3, 0.4) is 0 Å². The molecule has 7 nitrogen and oxygen atoms in total. The van der Waals surface area contributed by atoms with Crippen molar-refractivity contribution in [3.63, 3.8) is 0 Å². The number of esters is 1. The number of carbonyl (C=O) groups is 1. The average molecular weight is 557 g/mol. The average Bonchev–Trinajstić information content (AvgIpc) is 3.14. The van der Waals surface area contributed by atoms with E-state index < -0.39 is 12.0 Å². The SMILES string of the molecule is CCOC(=O)C1=C(C)N=c2s/c(=C\c3ccc(OCC)c(Br)c3)c(=O)n2[C@H]1c1ccc(OC)cc1. The van der Waals surface area contributed by atoms with Gasteiger partial charge in [0.1, 0.15) is 11.5 Å². The molecular formula is C26H25BrN2O5S. The first-order chi connectivity index (χ1) is 16.9. The second kappa shape index (κ2) is 10.6. The van der Waals surface area contributed by atoms with Gasteiger partial charge in [-0.25, -0.2) is 9.79 Å². The molecule has 0 saturated heterocycles. The molecule has 0 N–H and O–H groups in total. The quantitative estimate of drug-likeness (QED) is 0.411. The van der Waals surface area contributed by atoms with Crippen molar-refractivity contribution in [2.45, 2.75) is 26.8 Å². The maximum absolute atomic E-state index is 13.7. The zero-order valence-electron chi connectivity index (χ0n) is 19.8. The molecule has 2 heterocycles. The minimum atomic E-state index is -0.662. The van der Waals surface area contributed by atoms with Crippen molar-refractivity contribution in [1.82, 2.24) is 4.57 Å². The van der Waals surface area contributed by atoms with Crippen LogP contribution in [0.5, 0.6) is 11.5 Å². The monoisotopic (exact) mass is 556 g/mol. The summed E-state index contributed by atoms with van der Waals surface area (Å²) in [5.74, 6) is 0.931. The van der Waals surface area contributed by atoms with E-state index in [1.54, 1.807) is 37.7 Å². The van der Waals surface area contributed by atoms with E-state index in [4.69, 9.17) is 14.2 Å². The maximum atomic E-state index is 13.7. The summed E-state index contributed by atoms with van der Waals surface area (Å²) < 4.78 is 19.1. The summed E-state index contributed by atoms with van der Waals surface area (Å²) >= 11 is 4.81. The molecule has 0 unspecified atom stereocenters. The molecule has 0 aliphatic carbocycles. The van der Waals surface area contributed by atoms with Crippen LogP contribution in [-0.4, -0.2) is 30.9 Å². The second-order valence-electron chi connectivity index (χ2n) is 7.70. The number of allylic oxidation sites excluding steroid dienone is 1. The summed E-state index contributed by atoms with van der Waals surface area (Å²) in [6.07, 6.45) is 1.82. The van der Waals surface area contributed by atoms with Crippen LogP contribution in [0.1, 0.15) is 37.9 Å². The highest BCUT2D eigenvalue weighted by atomic mass is 79.9. The van der Waals surface area contributed by atoms with Crippen LogP contribution >= 0.6 is 27.3 Å². The first-order valence-electron chi connectivity index (χ1n) is 11.1. The molecule has 1 aliphatic heterocycles. The maximum Gasteiger partial charge on any atom is 0.338 e. The second-order valence-corrected chi connectivity index (χ2v) is 9.56. The standard InChI is InChI=1S/C26H25BrN2O5S/c1-5-33-20-12-7-16(13-19(20)27)14-21-24(30)29-23(17-8-10-18(32-4)11-9-17)22(25(31)34-6-2)15(3)28-26(29)35-21/h7-14,23H,5-6H2,1-4H3/b21-14-/t23-/m0/s1. The third-order valence-corrected chi connectivity index (χ3v) is 7.10. The molecule has 1 atom stereocenters. The van der Waals surface area contributed by atoms with Crippen molar-refractivity contribution < 1.29 is 19.0 Å². The molecule has 1 aliphatic rings. The van der Waals surface area contributed by atoms with Crippen LogP contribution in [0.25, 0.3) is 6.08 Å². The zero-order valence-corrected chi connectivity index (χ0v) is 22.2. The lowest BCUT2D eigenvalue weighted by molar-refractivity contribution is -0.139. The van der Waals surface area contributed by atoms with Gasteiger partial charge in [0.2, 0.25) is 0 Å². The van der Waals surface area contributed by atoms with E-state index in [1.807, 2.05) is 43.3 Å². The predicted octanol–water partition coefficient (Wildman–Crippen LogP) is 3.97. The molecule has 0 amide bonds. The van der Waals surface area contributed by atoms with Crippen LogP contribution in [0.4, 0.5) is 0 Å². The molecule has 3 aromatic rings. The molecule has 9 heteroatoms. The number of nitrogens with zero attached hydrogens (tertiary/aromatic N) is 2. The predicted molar refractivity (Wildman–Crippen MR) is 139 cm³/mol. The van der Waals surface area contributed by atoms with Gasteiger partial charge in [0.05, 0.1) is 46.6 Å². The van der Waals surface area contributed by atoms with Crippen molar-refractivity contribution in [2.24, 2.45) is 4.99 Å². The normalized spacial score (nSPS) is 15.5. The summed E-state index contributed by atoms with van der Waals surface area (Å²) in [6, 6.07) is 12.3. The van der Waals surface area contributed by atoms with Gasteiger partial charge in [-0.1, -0.05) is 29.5 Å². The van der Waals surface area contributed by atoms with Gasteiger partial charge in [-0.15, -0.1) is 0 Å². The van der Waals surface area contributed by atoms with E-state index in [1.165, 1.54) is 11.3 Å². The van der Waals surface area contributed by atoms with Crippen molar-refractivity contribution in [1.29, 1.82) is 0 Å². The number of methoxy groups -OCH3 is 1. The molecule has 4 rings (SSSR count). The lowest BCUT2D eigenvalue weighted by atomic mass is 9.96. The third-order valence-electron chi connectivity index (χ3n) is 5.50. The number of benzene rings is 2. The van der Waals surface area contributed by atoms with Crippen molar-refractivity contribution in [2.75, 3.05) is 20.3 Å². The van der Waals surface area contributed by atoms with E-state index in [2.05, 4.69) is 20.9 Å². The fourth-order valence-electron chi connectivity index (χ4n) is 3.92. The van der Waals surface area contributed by atoms with Crippen LogP contribution < -0.4 is 24.4 Å². The smallest absolute Gasteiger partial charge is 0.338 e. The number of rotatable bonds is 7. The summed E-state index contributed by atoms with van der Waals surface area (Å²) in [6.45, 7) is 6.22. The highest BCUT2D eigenvalue weighted by Crippen LogP contribution is 2.31. The molecule has 0 fully saturated rings. The van der Waals surface area contributed by atoms with E-state index in [0.717, 1.165) is 21.3 Å². The fraction of sp³-hybridized carbons (Fsp3) is 0.269. The molecule has 0 bridgehead atoms. The van der Waals surface area contributed by atoms with Crippen LogP contribution in [0.15, 0.2) is 68.0 Å². The van der Waals surface area contributed by atoms with Gasteiger partial charge >= 0.3 is 5.97 Å². The van der Waals surface area contributed by atoms with E-state index in [0.29, 0.717) is 33.0 Å². The topological polar surface area (TPSA) is 79.1 Å². The Morgan fingerprint density at radius 3 is 2.54 bits per heavy atom. The number of hydrogen-bond acceptors (Lipinski definition) is 7. The number of thiazole rings is 1. The van der Waals surface area contributed by atoms with Crippen molar-refractivity contribution in [3.8, 4) is 11.5 Å². The Morgan fingerprint density at radius 1 is 1.17 bits per heavy atom. The minimum absolute atomic E-state index is 0.224. The zero-order chi connectivity index (χ0) is 25.1. The van der Waals surface area contributed by atoms with Crippen LogP contribution in [0.2, 0.25) is 0 Å². The Morgan fingerprint density at radius 2 is 1.91 bits per heavy atom. The number of halogens is 1. The molecule has 0 spiro atoms. The number of carbonyl (C=O) groups excluding carboxylic acids is 1. The van der Waals surface area contributed by atoms with Gasteiger partial charge in [-0.2, -0.15) is 0 Å². The van der Waals surface area contributed by atoms with Gasteiger partial charge < -0.3 is 14.2 Å². The van der Waals surface area contributed by atoms with Gasteiger partial charge in [0.15, 0.2) is 4.80 Å². The number of ether oxygens (including phenoxy) is 3. The molecule has 0 radical (unpaired) electrons. The number of fused-ring (bicyclic) bond motifs is 1. The minimum Gasteiger partial charge on any atom is -0.497 e. The van der Waals surface area contributed by atoms with Crippen molar-refractivity contribution in [3.05, 3.63) is 89.0 Å². The Kier molecular flexibility index (Phi) is 7.57. The van der Waals surface area contributed by atoms with Crippen LogP contribution in [0, 0.1) is 0 Å². The van der Waals surface area contributed by atoms with Gasteiger partial charge in [0.25, 0.3) is 5.56 Å². The highest BCUT2D eigenvalue weighted by Gasteiger charge is 2.33. The van der Waals surface area contributed by atoms with E-state index >= 15 is 0 Å². The molecular weight excluding hydrogens is 532 g/mol. The highest BCUT2D eigenvalue weighted by molar-refractivity contribution is 9.10. The fourth-order valence-corrected chi connectivity index (χ4v) is 5.48. The Hall–Kier alpha value is -3.17. The summed E-state index contributed by atoms with van der Waals surface area (Å²) in [5.41, 5.74) is 2.25.